The maximum atomic E-state index is 5.64. The number of hydrogen-bond acceptors (Lipinski definition) is 4. The Morgan fingerprint density at radius 3 is 2.89 bits per heavy atom. The lowest BCUT2D eigenvalue weighted by Crippen LogP contribution is -2.07. The van der Waals surface area contributed by atoms with Crippen molar-refractivity contribution in [3.8, 4) is 5.75 Å². The smallest absolute Gasteiger partial charge is 0.161 e. The molecule has 2 aromatic heterocycles. The molecule has 0 atom stereocenters. The summed E-state index contributed by atoms with van der Waals surface area (Å²) in [5.74, 6) is 1.69. The van der Waals surface area contributed by atoms with Gasteiger partial charge in [0.2, 0.25) is 0 Å². The number of benzene rings is 1. The lowest BCUT2D eigenvalue weighted by Gasteiger charge is -2.11. The van der Waals surface area contributed by atoms with Crippen LogP contribution in [0, 0.1) is 6.92 Å². The molecule has 0 aliphatic heterocycles. The number of pyridine rings is 1. The van der Waals surface area contributed by atoms with Gasteiger partial charge >= 0.3 is 0 Å². The number of ether oxygens (including phenoxy) is 1. The normalized spacial score (nSPS) is 11.3. The maximum absolute atomic E-state index is 5.64. The van der Waals surface area contributed by atoms with E-state index >= 15 is 0 Å². The van der Waals surface area contributed by atoms with Crippen LogP contribution >= 0.6 is 0 Å². The largest absolute Gasteiger partial charge is 0.495 e. The lowest BCUT2D eigenvalue weighted by molar-refractivity contribution is 0.418. The van der Waals surface area contributed by atoms with Crippen molar-refractivity contribution in [1.29, 1.82) is 0 Å². The molecule has 0 aliphatic carbocycles. The highest BCUT2D eigenvalue weighted by Crippen LogP contribution is 2.29. The Morgan fingerprint density at radius 1 is 1.32 bits per heavy atom. The van der Waals surface area contributed by atoms with Gasteiger partial charge in [-0.2, -0.15) is 0 Å². The van der Waals surface area contributed by atoms with Crippen LogP contribution in [0.15, 0.2) is 24.3 Å². The number of fused-ring (bicyclic) bond motifs is 3. The highest BCUT2D eigenvalue weighted by atomic mass is 16.5. The van der Waals surface area contributed by atoms with E-state index in [1.165, 1.54) is 0 Å². The Bertz CT molecular complexity index is 748. The molecule has 0 amide bonds. The van der Waals surface area contributed by atoms with Crippen LogP contribution in [0.4, 0.5) is 0 Å². The summed E-state index contributed by atoms with van der Waals surface area (Å²) in [6.07, 6.45) is 0.692. The van der Waals surface area contributed by atoms with Crippen molar-refractivity contribution < 1.29 is 4.74 Å². The second-order valence-corrected chi connectivity index (χ2v) is 4.53. The van der Waals surface area contributed by atoms with Crippen molar-refractivity contribution in [3.05, 3.63) is 35.7 Å². The van der Waals surface area contributed by atoms with Crippen molar-refractivity contribution in [1.82, 2.24) is 14.6 Å². The van der Waals surface area contributed by atoms with Crippen LogP contribution in [0.2, 0.25) is 0 Å². The van der Waals surface area contributed by atoms with Crippen molar-refractivity contribution in [3.63, 3.8) is 0 Å². The Kier molecular flexibility index (Phi) is 2.83. The molecule has 0 spiro atoms. The standard InChI is InChI=1S/C14H16N4O/c1-9-8-13-17-16-12(6-7-15)18(13)14-10(9)4-3-5-11(14)19-2/h3-5,8H,6-7,15H2,1-2H3. The van der Waals surface area contributed by atoms with Gasteiger partial charge in [-0.3, -0.25) is 4.40 Å². The molecule has 0 unspecified atom stereocenters. The van der Waals surface area contributed by atoms with Crippen molar-refractivity contribution in [2.45, 2.75) is 13.3 Å². The Morgan fingerprint density at radius 2 is 2.16 bits per heavy atom. The number of para-hydroxylation sites is 1. The van der Waals surface area contributed by atoms with Crippen LogP contribution in [-0.4, -0.2) is 28.3 Å². The molecule has 2 N–H and O–H groups in total. The van der Waals surface area contributed by atoms with Crippen LogP contribution < -0.4 is 10.5 Å². The SMILES string of the molecule is COc1cccc2c(C)cc3nnc(CCN)n3c12. The number of hydrogen-bond donors (Lipinski definition) is 1. The van der Waals surface area contributed by atoms with E-state index in [0.717, 1.165) is 33.7 Å². The quantitative estimate of drug-likeness (QED) is 0.774. The minimum atomic E-state index is 0.547. The van der Waals surface area contributed by atoms with E-state index in [2.05, 4.69) is 23.2 Å². The summed E-state index contributed by atoms with van der Waals surface area (Å²) in [5, 5.41) is 9.60. The van der Waals surface area contributed by atoms with E-state index in [9.17, 15) is 0 Å². The molecule has 3 rings (SSSR count). The summed E-state index contributed by atoms with van der Waals surface area (Å²) in [7, 11) is 1.68. The number of nitrogens with two attached hydrogens (primary N) is 1. The number of aromatic nitrogens is 3. The molecule has 2 heterocycles. The zero-order valence-corrected chi connectivity index (χ0v) is 11.1. The van der Waals surface area contributed by atoms with Gasteiger partial charge in [0.25, 0.3) is 0 Å². The van der Waals surface area contributed by atoms with Gasteiger partial charge in [-0.15, -0.1) is 10.2 Å². The van der Waals surface area contributed by atoms with Gasteiger partial charge in [0.1, 0.15) is 11.6 Å². The molecule has 0 radical (unpaired) electrons. The van der Waals surface area contributed by atoms with Gasteiger partial charge < -0.3 is 10.5 Å². The molecular weight excluding hydrogens is 240 g/mol. The van der Waals surface area contributed by atoms with Crippen LogP contribution in [0.1, 0.15) is 11.4 Å². The highest BCUT2D eigenvalue weighted by molar-refractivity contribution is 5.90. The second kappa shape index (κ2) is 4.51. The molecule has 0 saturated carbocycles. The average molecular weight is 256 g/mol. The van der Waals surface area contributed by atoms with E-state index < -0.39 is 0 Å². The summed E-state index contributed by atoms with van der Waals surface area (Å²) < 4.78 is 7.52. The van der Waals surface area contributed by atoms with Crippen LogP contribution in [0.25, 0.3) is 16.6 Å². The molecule has 3 aromatic rings. The average Bonchev–Trinajstić information content (AvgIpc) is 2.81. The Labute approximate surface area is 111 Å². The first kappa shape index (κ1) is 11.9. The van der Waals surface area contributed by atoms with E-state index in [-0.39, 0.29) is 0 Å². The maximum Gasteiger partial charge on any atom is 0.161 e. The summed E-state index contributed by atoms with van der Waals surface area (Å²) in [5.41, 5.74) is 8.64. The van der Waals surface area contributed by atoms with E-state index in [4.69, 9.17) is 10.5 Å². The van der Waals surface area contributed by atoms with E-state index in [1.807, 2.05) is 22.6 Å². The topological polar surface area (TPSA) is 65.4 Å². The van der Waals surface area contributed by atoms with Crippen molar-refractivity contribution in [2.75, 3.05) is 13.7 Å². The van der Waals surface area contributed by atoms with Crippen LogP contribution in [-0.2, 0) is 6.42 Å². The van der Waals surface area contributed by atoms with Gasteiger partial charge in [0.15, 0.2) is 5.65 Å². The van der Waals surface area contributed by atoms with E-state index in [1.54, 1.807) is 7.11 Å². The van der Waals surface area contributed by atoms with E-state index in [0.29, 0.717) is 13.0 Å². The summed E-state index contributed by atoms with van der Waals surface area (Å²) in [4.78, 5) is 0. The predicted octanol–water partition coefficient (Wildman–Crippen LogP) is 1.70. The fourth-order valence-corrected chi connectivity index (χ4v) is 2.47. The molecule has 5 heteroatoms. The Balaban J connectivity index is 2.50. The summed E-state index contributed by atoms with van der Waals surface area (Å²) in [6.45, 7) is 2.62. The zero-order chi connectivity index (χ0) is 13.4. The zero-order valence-electron chi connectivity index (χ0n) is 11.1. The predicted molar refractivity (Wildman–Crippen MR) is 74.5 cm³/mol. The van der Waals surface area contributed by atoms with Gasteiger partial charge in [-0.1, -0.05) is 12.1 Å². The number of aryl methyl sites for hydroxylation is 1. The van der Waals surface area contributed by atoms with Gasteiger partial charge in [0, 0.05) is 11.8 Å². The van der Waals surface area contributed by atoms with Crippen molar-refractivity contribution in [2.24, 2.45) is 5.73 Å². The van der Waals surface area contributed by atoms with Gasteiger partial charge in [-0.25, -0.2) is 0 Å². The molecule has 0 aliphatic rings. The fourth-order valence-electron chi connectivity index (χ4n) is 2.47. The first-order chi connectivity index (χ1) is 9.26. The molecule has 19 heavy (non-hydrogen) atoms. The van der Waals surface area contributed by atoms with Gasteiger partial charge in [0.05, 0.1) is 12.6 Å². The molecule has 5 nitrogen and oxygen atoms in total. The minimum absolute atomic E-state index is 0.547. The Hall–Kier alpha value is -2.14. The third-order valence-electron chi connectivity index (χ3n) is 3.34. The monoisotopic (exact) mass is 256 g/mol. The fraction of sp³-hybridized carbons (Fsp3) is 0.286. The molecule has 0 saturated heterocycles. The third-order valence-corrected chi connectivity index (χ3v) is 3.34. The molecule has 1 aromatic carbocycles. The van der Waals surface area contributed by atoms with Gasteiger partial charge in [-0.05, 0) is 31.2 Å². The van der Waals surface area contributed by atoms with Crippen molar-refractivity contribution >= 4 is 16.6 Å². The van der Waals surface area contributed by atoms with Crippen LogP contribution in [0.3, 0.4) is 0 Å². The third kappa shape index (κ3) is 1.74. The summed E-state index contributed by atoms with van der Waals surface area (Å²) >= 11 is 0. The molecule has 98 valence electrons. The summed E-state index contributed by atoms with van der Waals surface area (Å²) in [6, 6.07) is 8.06. The first-order valence-corrected chi connectivity index (χ1v) is 6.26. The second-order valence-electron chi connectivity index (χ2n) is 4.53. The van der Waals surface area contributed by atoms with Crippen LogP contribution in [0.5, 0.6) is 5.75 Å². The number of rotatable bonds is 3. The molecule has 0 bridgehead atoms. The lowest BCUT2D eigenvalue weighted by atomic mass is 10.1. The molecule has 0 fully saturated rings. The molecular formula is C14H16N4O. The minimum Gasteiger partial charge on any atom is -0.495 e. The highest BCUT2D eigenvalue weighted by Gasteiger charge is 2.13. The number of nitrogens with zero attached hydrogens (tertiary/aromatic N) is 3. The first-order valence-electron chi connectivity index (χ1n) is 6.26. The number of methoxy groups -OCH3 is 1.